The number of carbonyl (C=O) groups is 2. The van der Waals surface area contributed by atoms with Gasteiger partial charge in [-0.15, -0.1) is 0 Å². The van der Waals surface area contributed by atoms with E-state index in [1.54, 1.807) is 6.07 Å². The smallest absolute Gasteiger partial charge is 0.335 e. The number of hydrogen-bond acceptors (Lipinski definition) is 4. The fourth-order valence-electron chi connectivity index (χ4n) is 1.49. The van der Waals surface area contributed by atoms with Crippen LogP contribution >= 0.6 is 11.6 Å². The summed E-state index contributed by atoms with van der Waals surface area (Å²) in [5, 5.41) is 9.01. The molecule has 0 saturated heterocycles. The van der Waals surface area contributed by atoms with Gasteiger partial charge in [0.1, 0.15) is 17.2 Å². The zero-order valence-corrected chi connectivity index (χ0v) is 11.2. The highest BCUT2D eigenvalue weighted by atomic mass is 35.5. The molecule has 0 amide bonds. The van der Waals surface area contributed by atoms with Gasteiger partial charge in [-0.05, 0) is 30.3 Å². The summed E-state index contributed by atoms with van der Waals surface area (Å²) in [5.74, 6) is -0.486. The summed E-state index contributed by atoms with van der Waals surface area (Å²) >= 11 is 5.94. The van der Waals surface area contributed by atoms with Crippen molar-refractivity contribution in [2.24, 2.45) is 0 Å². The Morgan fingerprint density at radius 2 is 2.00 bits per heavy atom. The fraction of sp³-hybridized carbons (Fsp3) is 0.0714. The number of halogens is 1. The quantitative estimate of drug-likeness (QED) is 0.873. The average Bonchev–Trinajstić information content (AvgIpc) is 2.41. The predicted molar refractivity (Wildman–Crippen MR) is 72.7 cm³/mol. The molecule has 0 bridgehead atoms. The van der Waals surface area contributed by atoms with Crippen LogP contribution in [0.5, 0.6) is 11.5 Å². The molecule has 0 spiro atoms. The topological polar surface area (TPSA) is 76.5 Å². The fourth-order valence-corrected chi connectivity index (χ4v) is 1.71. The second kappa shape index (κ2) is 5.71. The van der Waals surface area contributed by atoms with Crippen LogP contribution in [-0.4, -0.2) is 21.8 Å². The number of aromatic carboxylic acids is 1. The van der Waals surface area contributed by atoms with Crippen molar-refractivity contribution < 1.29 is 19.4 Å². The third kappa shape index (κ3) is 3.13. The summed E-state index contributed by atoms with van der Waals surface area (Å²) in [6, 6.07) is 7.28. The summed E-state index contributed by atoms with van der Waals surface area (Å²) in [5.41, 5.74) is 0.414. The molecule has 102 valence electrons. The first-order chi connectivity index (χ1) is 9.47. The Kier molecular flexibility index (Phi) is 4.00. The van der Waals surface area contributed by atoms with Crippen LogP contribution in [-0.2, 0) is 0 Å². The van der Waals surface area contributed by atoms with Crippen LogP contribution in [0.4, 0.5) is 0 Å². The number of Topliss-reactive ketones (excluding diaryl/α,β-unsaturated/α-hetero) is 1. The van der Waals surface area contributed by atoms with Gasteiger partial charge >= 0.3 is 5.97 Å². The Morgan fingerprint density at radius 3 is 2.50 bits per heavy atom. The second-order valence-electron chi connectivity index (χ2n) is 3.99. The lowest BCUT2D eigenvalue weighted by molar-refractivity contribution is 0.0696. The van der Waals surface area contributed by atoms with Crippen LogP contribution in [0.3, 0.4) is 0 Å². The Hall–Kier alpha value is -2.40. The number of carboxylic acids is 1. The van der Waals surface area contributed by atoms with Crippen molar-refractivity contribution >= 4 is 23.4 Å². The van der Waals surface area contributed by atoms with Crippen molar-refractivity contribution in [3.05, 3.63) is 52.8 Å². The minimum absolute atomic E-state index is 0.0763. The molecular weight excluding hydrogens is 282 g/mol. The Bertz CT molecular complexity index is 667. The van der Waals surface area contributed by atoms with Crippen molar-refractivity contribution in [1.82, 2.24) is 4.98 Å². The van der Waals surface area contributed by atoms with E-state index in [4.69, 9.17) is 21.4 Å². The molecule has 20 heavy (non-hydrogen) atoms. The molecule has 0 unspecified atom stereocenters. The molecule has 1 heterocycles. The van der Waals surface area contributed by atoms with Gasteiger partial charge in [0.2, 0.25) is 0 Å². The van der Waals surface area contributed by atoms with Crippen LogP contribution in [0, 0.1) is 0 Å². The van der Waals surface area contributed by atoms with Gasteiger partial charge in [0.25, 0.3) is 0 Å². The van der Waals surface area contributed by atoms with E-state index in [9.17, 15) is 9.59 Å². The third-order valence-corrected chi connectivity index (χ3v) is 2.80. The standard InChI is InChI=1S/C14H10ClNO4/c1-8(17)12-4-3-10(7-16-12)20-13-5-2-9(14(18)19)6-11(13)15/h2-7H,1H3,(H,18,19). The molecule has 2 rings (SSSR count). The Labute approximate surface area is 119 Å². The molecule has 0 aliphatic rings. The molecule has 1 aromatic carbocycles. The first kappa shape index (κ1) is 14.0. The van der Waals surface area contributed by atoms with Crippen molar-refractivity contribution in [3.63, 3.8) is 0 Å². The van der Waals surface area contributed by atoms with Crippen molar-refractivity contribution in [2.75, 3.05) is 0 Å². The molecule has 0 aliphatic heterocycles. The number of carboxylic acid groups (broad SMARTS) is 1. The lowest BCUT2D eigenvalue weighted by atomic mass is 10.2. The van der Waals surface area contributed by atoms with E-state index in [1.807, 2.05) is 0 Å². The second-order valence-corrected chi connectivity index (χ2v) is 4.39. The number of hydrogen-bond donors (Lipinski definition) is 1. The van der Waals surface area contributed by atoms with Gasteiger partial charge in [0.15, 0.2) is 5.78 Å². The van der Waals surface area contributed by atoms with E-state index in [0.29, 0.717) is 17.2 Å². The van der Waals surface area contributed by atoms with Gasteiger partial charge in [0.05, 0.1) is 16.8 Å². The zero-order valence-electron chi connectivity index (χ0n) is 10.5. The Morgan fingerprint density at radius 1 is 1.25 bits per heavy atom. The number of nitrogens with zero attached hydrogens (tertiary/aromatic N) is 1. The number of aromatic nitrogens is 1. The highest BCUT2D eigenvalue weighted by molar-refractivity contribution is 6.32. The van der Waals surface area contributed by atoms with Gasteiger partial charge < -0.3 is 9.84 Å². The molecular formula is C14H10ClNO4. The first-order valence-corrected chi connectivity index (χ1v) is 6.03. The van der Waals surface area contributed by atoms with E-state index < -0.39 is 5.97 Å². The largest absolute Gasteiger partial charge is 0.478 e. The number of ether oxygens (including phenoxy) is 1. The molecule has 1 N–H and O–H groups in total. The van der Waals surface area contributed by atoms with E-state index in [0.717, 1.165) is 0 Å². The Balaban J connectivity index is 2.21. The molecule has 0 saturated carbocycles. The SMILES string of the molecule is CC(=O)c1ccc(Oc2ccc(C(=O)O)cc2Cl)cn1. The van der Waals surface area contributed by atoms with Crippen molar-refractivity contribution in [1.29, 1.82) is 0 Å². The summed E-state index contributed by atoms with van der Waals surface area (Å²) in [7, 11) is 0. The lowest BCUT2D eigenvalue weighted by Crippen LogP contribution is -1.97. The van der Waals surface area contributed by atoms with Crippen LogP contribution in [0.1, 0.15) is 27.8 Å². The van der Waals surface area contributed by atoms with Gasteiger partial charge in [-0.25, -0.2) is 9.78 Å². The lowest BCUT2D eigenvalue weighted by Gasteiger charge is -2.08. The van der Waals surface area contributed by atoms with E-state index in [1.165, 1.54) is 37.4 Å². The highest BCUT2D eigenvalue weighted by Gasteiger charge is 2.09. The summed E-state index contributed by atoms with van der Waals surface area (Å²) in [4.78, 5) is 25.8. The number of ketones is 1. The maximum absolute atomic E-state index is 11.1. The molecule has 2 aromatic rings. The normalized spacial score (nSPS) is 10.1. The van der Waals surface area contributed by atoms with Crippen LogP contribution in [0.25, 0.3) is 0 Å². The van der Waals surface area contributed by atoms with E-state index >= 15 is 0 Å². The van der Waals surface area contributed by atoms with Gasteiger partial charge in [-0.2, -0.15) is 0 Å². The monoisotopic (exact) mass is 291 g/mol. The molecule has 5 nitrogen and oxygen atoms in total. The van der Waals surface area contributed by atoms with E-state index in [2.05, 4.69) is 4.98 Å². The van der Waals surface area contributed by atoms with Gasteiger partial charge in [-0.1, -0.05) is 11.6 Å². The number of rotatable bonds is 4. The maximum atomic E-state index is 11.1. The molecule has 0 aliphatic carbocycles. The number of carbonyl (C=O) groups excluding carboxylic acids is 1. The predicted octanol–water partition coefficient (Wildman–Crippen LogP) is 3.43. The van der Waals surface area contributed by atoms with Crippen molar-refractivity contribution in [2.45, 2.75) is 6.92 Å². The molecule has 0 fully saturated rings. The van der Waals surface area contributed by atoms with Gasteiger partial charge in [0, 0.05) is 6.92 Å². The zero-order chi connectivity index (χ0) is 14.7. The summed E-state index contributed by atoms with van der Waals surface area (Å²) in [6.45, 7) is 1.42. The average molecular weight is 292 g/mol. The van der Waals surface area contributed by atoms with Crippen molar-refractivity contribution in [3.8, 4) is 11.5 Å². The molecule has 6 heteroatoms. The van der Waals surface area contributed by atoms with Gasteiger partial charge in [-0.3, -0.25) is 4.79 Å². The molecule has 1 aromatic heterocycles. The first-order valence-electron chi connectivity index (χ1n) is 5.65. The third-order valence-electron chi connectivity index (χ3n) is 2.50. The van der Waals surface area contributed by atoms with E-state index in [-0.39, 0.29) is 16.4 Å². The van der Waals surface area contributed by atoms with Crippen LogP contribution < -0.4 is 4.74 Å². The molecule has 0 atom stereocenters. The minimum atomic E-state index is -1.06. The highest BCUT2D eigenvalue weighted by Crippen LogP contribution is 2.29. The number of benzene rings is 1. The maximum Gasteiger partial charge on any atom is 0.335 e. The molecule has 0 radical (unpaired) electrons. The summed E-state index contributed by atoms with van der Waals surface area (Å²) in [6.07, 6.45) is 1.40. The van der Waals surface area contributed by atoms with Crippen LogP contribution in [0.15, 0.2) is 36.5 Å². The minimum Gasteiger partial charge on any atom is -0.478 e. The number of pyridine rings is 1. The summed E-state index contributed by atoms with van der Waals surface area (Å²) < 4.78 is 5.48. The van der Waals surface area contributed by atoms with Crippen LogP contribution in [0.2, 0.25) is 5.02 Å².